The molecule has 0 saturated heterocycles. The van der Waals surface area contributed by atoms with Crippen molar-refractivity contribution in [2.24, 2.45) is 0 Å². The molecule has 0 saturated carbocycles. The van der Waals surface area contributed by atoms with E-state index < -0.39 is 0 Å². The highest BCUT2D eigenvalue weighted by Crippen LogP contribution is 2.19. The molecule has 17 heavy (non-hydrogen) atoms. The fourth-order valence-electron chi connectivity index (χ4n) is 1.56. The second-order valence-electron chi connectivity index (χ2n) is 3.43. The number of amides is 1. The van der Waals surface area contributed by atoms with Crippen molar-refractivity contribution in [1.82, 2.24) is 15.4 Å². The highest BCUT2D eigenvalue weighted by molar-refractivity contribution is 6.06. The molecule has 6 nitrogen and oxygen atoms in total. The average molecular weight is 228 g/mol. The summed E-state index contributed by atoms with van der Waals surface area (Å²) in [6.07, 6.45) is 1.45. The van der Waals surface area contributed by atoms with Crippen molar-refractivity contribution in [2.75, 3.05) is 5.32 Å². The molecule has 0 aliphatic rings. The number of fused-ring (bicyclic) bond motifs is 1. The number of carbonyl (C=O) groups is 1. The van der Waals surface area contributed by atoms with Crippen molar-refractivity contribution < 1.29 is 9.21 Å². The van der Waals surface area contributed by atoms with Crippen molar-refractivity contribution in [3.05, 3.63) is 42.4 Å². The molecule has 0 atom stereocenters. The van der Waals surface area contributed by atoms with Gasteiger partial charge in [-0.3, -0.25) is 4.79 Å². The minimum Gasteiger partial charge on any atom is -0.459 e. The van der Waals surface area contributed by atoms with Crippen molar-refractivity contribution in [2.45, 2.75) is 0 Å². The van der Waals surface area contributed by atoms with Crippen molar-refractivity contribution in [1.29, 1.82) is 0 Å². The molecule has 3 aromatic rings. The SMILES string of the molecule is O=C(Nc1cccc2n[nH]nc12)c1ccco1. The summed E-state index contributed by atoms with van der Waals surface area (Å²) in [5.41, 5.74) is 1.91. The molecular formula is C11H8N4O2. The Morgan fingerprint density at radius 3 is 3.00 bits per heavy atom. The van der Waals surface area contributed by atoms with Gasteiger partial charge >= 0.3 is 0 Å². The van der Waals surface area contributed by atoms with Gasteiger partial charge in [0.2, 0.25) is 0 Å². The number of hydrogen-bond donors (Lipinski definition) is 2. The summed E-state index contributed by atoms with van der Waals surface area (Å²) in [5, 5.41) is 13.1. The van der Waals surface area contributed by atoms with Gasteiger partial charge in [-0.25, -0.2) is 0 Å². The lowest BCUT2D eigenvalue weighted by Gasteiger charge is -2.02. The summed E-state index contributed by atoms with van der Waals surface area (Å²) < 4.78 is 5.01. The Bertz CT molecular complexity index is 657. The molecule has 6 heteroatoms. The van der Waals surface area contributed by atoms with Crippen LogP contribution in [-0.4, -0.2) is 21.3 Å². The van der Waals surface area contributed by atoms with Crippen molar-refractivity contribution in [3.8, 4) is 0 Å². The van der Waals surface area contributed by atoms with E-state index in [1.807, 2.05) is 0 Å². The summed E-state index contributed by atoms with van der Waals surface area (Å²) in [5.74, 6) is -0.0593. The molecule has 1 aromatic carbocycles. The van der Waals surface area contributed by atoms with Crippen LogP contribution in [0.15, 0.2) is 41.0 Å². The van der Waals surface area contributed by atoms with E-state index in [4.69, 9.17) is 4.42 Å². The molecule has 0 aliphatic heterocycles. The van der Waals surface area contributed by atoms with E-state index in [0.29, 0.717) is 16.7 Å². The van der Waals surface area contributed by atoms with Gasteiger partial charge in [0.15, 0.2) is 5.76 Å². The second kappa shape index (κ2) is 3.75. The largest absolute Gasteiger partial charge is 0.459 e. The summed E-state index contributed by atoms with van der Waals surface area (Å²) in [7, 11) is 0. The molecule has 0 fully saturated rings. The van der Waals surface area contributed by atoms with Gasteiger partial charge in [0.25, 0.3) is 5.91 Å². The maximum atomic E-state index is 11.8. The number of nitrogens with one attached hydrogen (secondary N) is 2. The number of furan rings is 1. The van der Waals surface area contributed by atoms with Crippen LogP contribution in [0, 0.1) is 0 Å². The van der Waals surface area contributed by atoms with Crippen molar-refractivity contribution in [3.63, 3.8) is 0 Å². The molecule has 0 aliphatic carbocycles. The summed E-state index contributed by atoms with van der Waals surface area (Å²) in [4.78, 5) is 11.8. The van der Waals surface area contributed by atoms with Crippen LogP contribution in [0.5, 0.6) is 0 Å². The van der Waals surface area contributed by atoms with E-state index in [1.54, 1.807) is 30.3 Å². The van der Waals surface area contributed by atoms with Crippen LogP contribution in [0.3, 0.4) is 0 Å². The molecule has 0 bridgehead atoms. The number of aromatic amines is 1. The van der Waals surface area contributed by atoms with Crippen LogP contribution in [0.4, 0.5) is 5.69 Å². The highest BCUT2D eigenvalue weighted by atomic mass is 16.3. The molecule has 2 N–H and O–H groups in total. The van der Waals surface area contributed by atoms with Gasteiger partial charge in [-0.1, -0.05) is 6.07 Å². The lowest BCUT2D eigenvalue weighted by molar-refractivity contribution is 0.0997. The number of hydrogen-bond acceptors (Lipinski definition) is 4. The van der Waals surface area contributed by atoms with Gasteiger partial charge in [-0.15, -0.1) is 0 Å². The minimum atomic E-state index is -0.314. The maximum Gasteiger partial charge on any atom is 0.291 e. The first-order chi connectivity index (χ1) is 8.34. The Kier molecular flexibility index (Phi) is 2.11. The molecule has 1 amide bonds. The zero-order chi connectivity index (χ0) is 11.7. The number of aromatic nitrogens is 3. The van der Waals surface area contributed by atoms with Crippen LogP contribution in [0.1, 0.15) is 10.6 Å². The number of benzene rings is 1. The van der Waals surface area contributed by atoms with E-state index in [1.165, 1.54) is 6.26 Å². The summed E-state index contributed by atoms with van der Waals surface area (Å²) in [6.45, 7) is 0. The van der Waals surface area contributed by atoms with Crippen LogP contribution >= 0.6 is 0 Å². The van der Waals surface area contributed by atoms with Crippen LogP contribution in [-0.2, 0) is 0 Å². The van der Waals surface area contributed by atoms with Gasteiger partial charge in [-0.05, 0) is 24.3 Å². The first kappa shape index (κ1) is 9.59. The topological polar surface area (TPSA) is 83.8 Å². The molecule has 3 rings (SSSR count). The van der Waals surface area contributed by atoms with Crippen molar-refractivity contribution >= 4 is 22.6 Å². The Morgan fingerprint density at radius 1 is 1.24 bits per heavy atom. The zero-order valence-electron chi connectivity index (χ0n) is 8.68. The van der Waals surface area contributed by atoms with Gasteiger partial charge in [0.05, 0.1) is 12.0 Å². The summed E-state index contributed by atoms with van der Waals surface area (Å²) >= 11 is 0. The molecule has 0 spiro atoms. The first-order valence-electron chi connectivity index (χ1n) is 4.99. The van der Waals surface area contributed by atoms with Crippen LogP contribution in [0.2, 0.25) is 0 Å². The van der Waals surface area contributed by atoms with E-state index in [2.05, 4.69) is 20.7 Å². The fraction of sp³-hybridized carbons (Fsp3) is 0. The van der Waals surface area contributed by atoms with Gasteiger partial charge in [-0.2, -0.15) is 15.4 Å². The van der Waals surface area contributed by atoms with Gasteiger partial charge in [0, 0.05) is 0 Å². The monoisotopic (exact) mass is 228 g/mol. The third kappa shape index (κ3) is 1.65. The normalized spacial score (nSPS) is 10.6. The number of rotatable bonds is 2. The number of para-hydroxylation sites is 1. The van der Waals surface area contributed by atoms with E-state index >= 15 is 0 Å². The maximum absolute atomic E-state index is 11.8. The minimum absolute atomic E-state index is 0.255. The predicted molar refractivity (Wildman–Crippen MR) is 60.5 cm³/mol. The molecule has 2 aromatic heterocycles. The quantitative estimate of drug-likeness (QED) is 0.700. The van der Waals surface area contributed by atoms with E-state index in [0.717, 1.165) is 0 Å². The van der Waals surface area contributed by atoms with E-state index in [9.17, 15) is 4.79 Å². The zero-order valence-corrected chi connectivity index (χ0v) is 8.68. The number of carbonyl (C=O) groups excluding carboxylic acids is 1. The number of anilines is 1. The standard InChI is InChI=1S/C11H8N4O2/c16-11(9-5-2-6-17-9)12-7-3-1-4-8-10(7)14-15-13-8/h1-6H,(H,12,16)(H,13,14,15). The van der Waals surface area contributed by atoms with Crippen LogP contribution in [0.25, 0.3) is 11.0 Å². The second-order valence-corrected chi connectivity index (χ2v) is 3.43. The Labute approximate surface area is 95.6 Å². The van der Waals surface area contributed by atoms with E-state index in [-0.39, 0.29) is 11.7 Å². The summed E-state index contributed by atoms with van der Waals surface area (Å²) in [6, 6.07) is 8.61. The average Bonchev–Trinajstić information content (AvgIpc) is 3.00. The number of nitrogens with zero attached hydrogens (tertiary/aromatic N) is 2. The molecule has 84 valence electrons. The smallest absolute Gasteiger partial charge is 0.291 e. The molecular weight excluding hydrogens is 220 g/mol. The first-order valence-corrected chi connectivity index (χ1v) is 4.99. The highest BCUT2D eigenvalue weighted by Gasteiger charge is 2.11. The number of H-pyrrole nitrogens is 1. The Balaban J connectivity index is 1.95. The predicted octanol–water partition coefficient (Wildman–Crippen LogP) is 1.80. The Morgan fingerprint density at radius 2 is 2.18 bits per heavy atom. The molecule has 2 heterocycles. The van der Waals surface area contributed by atoms with Crippen LogP contribution < -0.4 is 5.32 Å². The fourth-order valence-corrected chi connectivity index (χ4v) is 1.56. The molecule has 0 radical (unpaired) electrons. The third-order valence-electron chi connectivity index (χ3n) is 2.34. The Hall–Kier alpha value is -2.63. The lowest BCUT2D eigenvalue weighted by atomic mass is 10.2. The third-order valence-corrected chi connectivity index (χ3v) is 2.34. The van der Waals surface area contributed by atoms with Gasteiger partial charge < -0.3 is 9.73 Å². The molecule has 0 unspecified atom stereocenters. The van der Waals surface area contributed by atoms with Gasteiger partial charge in [0.1, 0.15) is 11.0 Å². The lowest BCUT2D eigenvalue weighted by Crippen LogP contribution is -2.11.